The maximum Gasteiger partial charge on any atom is 0.389 e. The molecule has 0 spiro atoms. The van der Waals surface area contributed by atoms with Gasteiger partial charge in [-0.15, -0.1) is 11.3 Å². The fourth-order valence-corrected chi connectivity index (χ4v) is 1.62. The molecule has 0 aromatic carbocycles. The molecule has 1 rings (SSSR count). The van der Waals surface area contributed by atoms with Crippen LogP contribution in [0.5, 0.6) is 0 Å². The molecule has 0 saturated heterocycles. The molecule has 0 unspecified atom stereocenters. The van der Waals surface area contributed by atoms with Crippen molar-refractivity contribution in [2.45, 2.75) is 25.6 Å². The molecule has 1 aromatic rings. The van der Waals surface area contributed by atoms with E-state index in [2.05, 4.69) is 4.98 Å². The number of nitrogens with two attached hydrogens (primary N) is 1. The van der Waals surface area contributed by atoms with Crippen molar-refractivity contribution in [2.75, 3.05) is 0 Å². The molecule has 6 heteroatoms. The van der Waals surface area contributed by atoms with Crippen LogP contribution in [0.4, 0.5) is 13.2 Å². The van der Waals surface area contributed by atoms with E-state index in [1.807, 2.05) is 0 Å². The molecule has 0 atom stereocenters. The van der Waals surface area contributed by atoms with Gasteiger partial charge in [-0.05, 0) is 0 Å². The lowest BCUT2D eigenvalue weighted by atomic mass is 10.3. The molecule has 0 aliphatic carbocycles. The normalized spacial score (nSPS) is 12.0. The SMILES string of the molecule is NCc1csc(CCC(F)(F)F)n1. The Labute approximate surface area is 77.6 Å². The molecular formula is C7H9F3N2S. The Morgan fingerprint density at radius 3 is 2.62 bits per heavy atom. The molecule has 1 heterocycles. The van der Waals surface area contributed by atoms with Crippen molar-refractivity contribution in [3.05, 3.63) is 16.1 Å². The average Bonchev–Trinajstić information content (AvgIpc) is 2.47. The number of aryl methyl sites for hydroxylation is 1. The van der Waals surface area contributed by atoms with Gasteiger partial charge >= 0.3 is 6.18 Å². The molecule has 0 fully saturated rings. The first-order chi connectivity index (χ1) is 6.01. The van der Waals surface area contributed by atoms with Gasteiger partial charge in [0.1, 0.15) is 0 Å². The van der Waals surface area contributed by atoms with Gasteiger partial charge in [0.05, 0.1) is 10.7 Å². The molecule has 13 heavy (non-hydrogen) atoms. The highest BCUT2D eigenvalue weighted by Gasteiger charge is 2.26. The van der Waals surface area contributed by atoms with E-state index in [0.29, 0.717) is 10.7 Å². The zero-order valence-electron chi connectivity index (χ0n) is 6.77. The summed E-state index contributed by atoms with van der Waals surface area (Å²) in [6.45, 7) is 0.280. The highest BCUT2D eigenvalue weighted by Crippen LogP contribution is 2.23. The Morgan fingerprint density at radius 1 is 1.46 bits per heavy atom. The first-order valence-corrected chi connectivity index (χ1v) is 4.59. The van der Waals surface area contributed by atoms with Crippen LogP contribution in [0.2, 0.25) is 0 Å². The molecule has 0 bridgehead atoms. The Morgan fingerprint density at radius 2 is 2.15 bits per heavy atom. The van der Waals surface area contributed by atoms with Crippen LogP contribution in [0.1, 0.15) is 17.1 Å². The molecule has 0 aliphatic rings. The first kappa shape index (κ1) is 10.5. The number of thiazole rings is 1. The second-order valence-electron chi connectivity index (χ2n) is 2.55. The van der Waals surface area contributed by atoms with Gasteiger partial charge in [-0.2, -0.15) is 13.2 Å². The molecule has 74 valence electrons. The minimum Gasteiger partial charge on any atom is -0.325 e. The van der Waals surface area contributed by atoms with Gasteiger partial charge in [0, 0.05) is 24.8 Å². The second-order valence-corrected chi connectivity index (χ2v) is 3.49. The van der Waals surface area contributed by atoms with Crippen LogP contribution in [-0.4, -0.2) is 11.2 Å². The van der Waals surface area contributed by atoms with E-state index in [-0.39, 0.29) is 13.0 Å². The van der Waals surface area contributed by atoms with Crippen LogP contribution in [0.25, 0.3) is 0 Å². The van der Waals surface area contributed by atoms with Crippen molar-refractivity contribution in [1.82, 2.24) is 4.98 Å². The Hall–Kier alpha value is -0.620. The second kappa shape index (κ2) is 4.06. The molecule has 0 aliphatic heterocycles. The van der Waals surface area contributed by atoms with Gasteiger partial charge in [-0.25, -0.2) is 4.98 Å². The van der Waals surface area contributed by atoms with Crippen LogP contribution in [0, 0.1) is 0 Å². The lowest BCUT2D eigenvalue weighted by Crippen LogP contribution is -2.08. The number of aromatic nitrogens is 1. The van der Waals surface area contributed by atoms with Crippen LogP contribution in [-0.2, 0) is 13.0 Å². The first-order valence-electron chi connectivity index (χ1n) is 3.71. The van der Waals surface area contributed by atoms with Gasteiger partial charge in [0.25, 0.3) is 0 Å². The number of alkyl halides is 3. The zero-order valence-corrected chi connectivity index (χ0v) is 7.58. The van der Waals surface area contributed by atoms with E-state index in [9.17, 15) is 13.2 Å². The summed E-state index contributed by atoms with van der Waals surface area (Å²) in [6.07, 6.45) is -4.97. The summed E-state index contributed by atoms with van der Waals surface area (Å²) in [4.78, 5) is 3.93. The topological polar surface area (TPSA) is 38.9 Å². The molecule has 1 aromatic heterocycles. The zero-order chi connectivity index (χ0) is 9.90. The van der Waals surface area contributed by atoms with Crippen molar-refractivity contribution in [2.24, 2.45) is 5.73 Å². The average molecular weight is 210 g/mol. The van der Waals surface area contributed by atoms with Gasteiger partial charge in [0.2, 0.25) is 0 Å². The molecule has 0 saturated carbocycles. The van der Waals surface area contributed by atoms with Crippen molar-refractivity contribution in [3.8, 4) is 0 Å². The Kier molecular flexibility index (Phi) is 3.27. The summed E-state index contributed by atoms with van der Waals surface area (Å²) in [7, 11) is 0. The van der Waals surface area contributed by atoms with E-state index in [1.54, 1.807) is 5.38 Å². The number of hydrogen-bond donors (Lipinski definition) is 1. The Bertz CT molecular complexity index is 269. The Balaban J connectivity index is 2.46. The fraction of sp³-hybridized carbons (Fsp3) is 0.571. The summed E-state index contributed by atoms with van der Waals surface area (Å²) in [5.41, 5.74) is 5.92. The molecule has 2 nitrogen and oxygen atoms in total. The van der Waals surface area contributed by atoms with Crippen LogP contribution in [0.15, 0.2) is 5.38 Å². The summed E-state index contributed by atoms with van der Waals surface area (Å²) in [5, 5.41) is 2.18. The number of halogens is 3. The van der Waals surface area contributed by atoms with Crippen molar-refractivity contribution < 1.29 is 13.2 Å². The minimum atomic E-state index is -4.10. The van der Waals surface area contributed by atoms with Gasteiger partial charge in [-0.1, -0.05) is 0 Å². The summed E-state index contributed by atoms with van der Waals surface area (Å²) < 4.78 is 35.3. The lowest BCUT2D eigenvalue weighted by molar-refractivity contribution is -0.134. The fourth-order valence-electron chi connectivity index (χ4n) is 0.806. The number of nitrogens with zero attached hydrogens (tertiary/aromatic N) is 1. The van der Waals surface area contributed by atoms with Crippen LogP contribution in [0.3, 0.4) is 0 Å². The van der Waals surface area contributed by atoms with Gasteiger partial charge in [0.15, 0.2) is 0 Å². The summed E-state index contributed by atoms with van der Waals surface area (Å²) in [5.74, 6) is 0. The van der Waals surface area contributed by atoms with E-state index >= 15 is 0 Å². The molecule has 0 amide bonds. The lowest BCUT2D eigenvalue weighted by Gasteiger charge is -2.02. The largest absolute Gasteiger partial charge is 0.389 e. The third-order valence-corrected chi connectivity index (χ3v) is 2.39. The standard InChI is InChI=1S/C7H9F3N2S/c8-7(9,10)2-1-6-12-5(3-11)4-13-6/h4H,1-3,11H2. The number of hydrogen-bond acceptors (Lipinski definition) is 3. The molecule has 0 radical (unpaired) electrons. The van der Waals surface area contributed by atoms with E-state index in [1.165, 1.54) is 11.3 Å². The van der Waals surface area contributed by atoms with E-state index in [4.69, 9.17) is 5.73 Å². The van der Waals surface area contributed by atoms with Crippen LogP contribution < -0.4 is 5.73 Å². The summed E-state index contributed by atoms with van der Waals surface area (Å²) in [6, 6.07) is 0. The highest BCUT2D eigenvalue weighted by molar-refractivity contribution is 7.09. The van der Waals surface area contributed by atoms with E-state index in [0.717, 1.165) is 0 Å². The molecular weight excluding hydrogens is 201 g/mol. The third-order valence-electron chi connectivity index (χ3n) is 1.43. The predicted octanol–water partition coefficient (Wildman–Crippen LogP) is 2.10. The minimum absolute atomic E-state index is 0.0475. The summed E-state index contributed by atoms with van der Waals surface area (Å²) >= 11 is 1.22. The maximum atomic E-state index is 11.8. The van der Waals surface area contributed by atoms with Gasteiger partial charge < -0.3 is 5.73 Å². The maximum absolute atomic E-state index is 11.8. The van der Waals surface area contributed by atoms with Crippen molar-refractivity contribution in [1.29, 1.82) is 0 Å². The van der Waals surface area contributed by atoms with Crippen molar-refractivity contribution >= 4 is 11.3 Å². The molecule has 2 N–H and O–H groups in total. The predicted molar refractivity (Wildman–Crippen MR) is 44.4 cm³/mol. The van der Waals surface area contributed by atoms with E-state index < -0.39 is 12.6 Å². The number of rotatable bonds is 3. The smallest absolute Gasteiger partial charge is 0.325 e. The van der Waals surface area contributed by atoms with Crippen LogP contribution >= 0.6 is 11.3 Å². The third kappa shape index (κ3) is 3.73. The quantitative estimate of drug-likeness (QED) is 0.829. The van der Waals surface area contributed by atoms with Crippen molar-refractivity contribution in [3.63, 3.8) is 0 Å². The highest BCUT2D eigenvalue weighted by atomic mass is 32.1. The van der Waals surface area contributed by atoms with Gasteiger partial charge in [-0.3, -0.25) is 0 Å². The monoisotopic (exact) mass is 210 g/mol.